The van der Waals surface area contributed by atoms with Crippen LogP contribution in [-0.2, 0) is 11.3 Å². The van der Waals surface area contributed by atoms with Gasteiger partial charge in [0, 0.05) is 20.2 Å². The van der Waals surface area contributed by atoms with Crippen molar-refractivity contribution in [2.75, 3.05) is 25.6 Å². The molecule has 0 aliphatic carbocycles. The number of aliphatic hydroxyl groups is 1. The summed E-state index contributed by atoms with van der Waals surface area (Å²) >= 11 is 3.25. The number of nitrogens with zero attached hydrogens (tertiary/aromatic N) is 2. The van der Waals surface area contributed by atoms with Gasteiger partial charge in [-0.25, -0.2) is 4.68 Å². The molecular weight excluding hydrogens is 302 g/mol. The van der Waals surface area contributed by atoms with Crippen molar-refractivity contribution in [1.82, 2.24) is 9.78 Å². The van der Waals surface area contributed by atoms with Gasteiger partial charge >= 0.3 is 0 Å². The van der Waals surface area contributed by atoms with E-state index in [0.717, 1.165) is 0 Å². The lowest BCUT2D eigenvalue weighted by atomic mass is 10.2. The van der Waals surface area contributed by atoms with Gasteiger partial charge in [0.05, 0.1) is 24.6 Å². The SMILES string of the molecule is CCn1ncc(NCCC(O)COC)c(Br)c1=O. The van der Waals surface area contributed by atoms with E-state index < -0.39 is 6.10 Å². The maximum atomic E-state index is 11.8. The van der Waals surface area contributed by atoms with Gasteiger partial charge in [-0.3, -0.25) is 4.79 Å². The van der Waals surface area contributed by atoms with Gasteiger partial charge in [-0.2, -0.15) is 5.10 Å². The van der Waals surface area contributed by atoms with E-state index in [1.54, 1.807) is 13.3 Å². The Labute approximate surface area is 114 Å². The zero-order valence-corrected chi connectivity index (χ0v) is 12.1. The second kappa shape index (κ2) is 7.50. The fourth-order valence-electron chi connectivity index (χ4n) is 1.46. The molecule has 0 aromatic carbocycles. The molecule has 6 nitrogen and oxygen atoms in total. The average Bonchev–Trinajstić information content (AvgIpc) is 2.35. The first-order valence-electron chi connectivity index (χ1n) is 5.76. The summed E-state index contributed by atoms with van der Waals surface area (Å²) < 4.78 is 6.66. The molecule has 1 atom stereocenters. The standard InChI is InChI=1S/C11H18BrN3O3/c1-3-15-11(17)10(12)9(6-14-15)13-5-4-8(16)7-18-2/h6,8,13,16H,3-5,7H2,1-2H3. The number of hydrogen-bond donors (Lipinski definition) is 2. The number of hydrogen-bond acceptors (Lipinski definition) is 5. The van der Waals surface area contributed by atoms with E-state index in [4.69, 9.17) is 4.74 Å². The van der Waals surface area contributed by atoms with Crippen LogP contribution in [0.25, 0.3) is 0 Å². The van der Waals surface area contributed by atoms with Crippen molar-refractivity contribution in [3.05, 3.63) is 21.0 Å². The normalized spacial score (nSPS) is 12.4. The molecule has 1 heterocycles. The van der Waals surface area contributed by atoms with Gasteiger partial charge in [-0.05, 0) is 29.3 Å². The molecule has 0 saturated carbocycles. The van der Waals surface area contributed by atoms with Gasteiger partial charge in [-0.15, -0.1) is 0 Å². The van der Waals surface area contributed by atoms with Gasteiger partial charge in [0.1, 0.15) is 4.47 Å². The summed E-state index contributed by atoms with van der Waals surface area (Å²) in [6.07, 6.45) is 1.62. The van der Waals surface area contributed by atoms with E-state index in [2.05, 4.69) is 26.3 Å². The van der Waals surface area contributed by atoms with Gasteiger partial charge in [0.2, 0.25) is 0 Å². The number of rotatable bonds is 7. The van der Waals surface area contributed by atoms with Gasteiger partial charge < -0.3 is 15.2 Å². The van der Waals surface area contributed by atoms with E-state index in [9.17, 15) is 9.90 Å². The molecule has 0 saturated heterocycles. The predicted octanol–water partition coefficient (Wildman–Crippen LogP) is 0.835. The second-order valence-corrected chi connectivity index (χ2v) is 4.61. The average molecular weight is 320 g/mol. The molecular formula is C11H18BrN3O3. The van der Waals surface area contributed by atoms with Crippen molar-refractivity contribution in [1.29, 1.82) is 0 Å². The quantitative estimate of drug-likeness (QED) is 0.778. The van der Waals surface area contributed by atoms with Gasteiger partial charge in [0.15, 0.2) is 0 Å². The minimum atomic E-state index is -0.509. The van der Waals surface area contributed by atoms with E-state index in [1.165, 1.54) is 4.68 Å². The number of anilines is 1. The molecule has 1 aromatic heterocycles. The number of nitrogens with one attached hydrogen (secondary N) is 1. The second-order valence-electron chi connectivity index (χ2n) is 3.82. The van der Waals surface area contributed by atoms with E-state index >= 15 is 0 Å². The molecule has 1 rings (SSSR count). The largest absolute Gasteiger partial charge is 0.391 e. The highest BCUT2D eigenvalue weighted by Gasteiger charge is 2.08. The van der Waals surface area contributed by atoms with Crippen molar-refractivity contribution in [3.8, 4) is 0 Å². The number of ether oxygens (including phenoxy) is 1. The summed E-state index contributed by atoms with van der Waals surface area (Å²) in [5.41, 5.74) is 0.467. The highest BCUT2D eigenvalue weighted by atomic mass is 79.9. The van der Waals surface area contributed by atoms with Crippen LogP contribution in [0.3, 0.4) is 0 Å². The van der Waals surface area contributed by atoms with Crippen molar-refractivity contribution in [2.24, 2.45) is 0 Å². The molecule has 102 valence electrons. The van der Waals surface area contributed by atoms with Gasteiger partial charge in [-0.1, -0.05) is 0 Å². The zero-order valence-electron chi connectivity index (χ0n) is 10.5. The summed E-state index contributed by atoms with van der Waals surface area (Å²) in [5, 5.41) is 16.5. The van der Waals surface area contributed by atoms with Crippen molar-refractivity contribution in [3.63, 3.8) is 0 Å². The maximum Gasteiger partial charge on any atom is 0.283 e. The number of halogens is 1. The molecule has 0 amide bonds. The topological polar surface area (TPSA) is 76.4 Å². The molecule has 0 aliphatic rings. The Morgan fingerprint density at radius 3 is 3.00 bits per heavy atom. The predicted molar refractivity (Wildman–Crippen MR) is 72.9 cm³/mol. The molecule has 0 aliphatic heterocycles. The Hall–Kier alpha value is -0.920. The van der Waals surface area contributed by atoms with Crippen LogP contribution in [0.2, 0.25) is 0 Å². The summed E-state index contributed by atoms with van der Waals surface area (Å²) in [7, 11) is 1.54. The lowest BCUT2D eigenvalue weighted by Crippen LogP contribution is -2.24. The van der Waals surface area contributed by atoms with Crippen LogP contribution >= 0.6 is 15.9 Å². The Morgan fingerprint density at radius 2 is 2.39 bits per heavy atom. The molecule has 0 radical (unpaired) electrons. The Balaban J connectivity index is 2.58. The third-order valence-corrected chi connectivity index (χ3v) is 3.20. The Kier molecular flexibility index (Phi) is 6.31. The summed E-state index contributed by atoms with van der Waals surface area (Å²) in [4.78, 5) is 11.8. The highest BCUT2D eigenvalue weighted by Crippen LogP contribution is 2.15. The minimum absolute atomic E-state index is 0.167. The van der Waals surface area contributed by atoms with Crippen LogP contribution in [0, 0.1) is 0 Å². The first kappa shape index (κ1) is 15.1. The molecule has 1 unspecified atom stereocenters. The van der Waals surface area contributed by atoms with Crippen LogP contribution in [0.1, 0.15) is 13.3 Å². The fourth-order valence-corrected chi connectivity index (χ4v) is 1.91. The first-order chi connectivity index (χ1) is 8.60. The van der Waals surface area contributed by atoms with Crippen molar-refractivity contribution >= 4 is 21.6 Å². The zero-order chi connectivity index (χ0) is 13.5. The smallest absolute Gasteiger partial charge is 0.283 e. The number of aromatic nitrogens is 2. The lowest BCUT2D eigenvalue weighted by molar-refractivity contribution is 0.0615. The van der Waals surface area contributed by atoms with Crippen LogP contribution < -0.4 is 10.9 Å². The third kappa shape index (κ3) is 4.08. The third-order valence-electron chi connectivity index (χ3n) is 2.44. The molecule has 7 heteroatoms. The van der Waals surface area contributed by atoms with Gasteiger partial charge in [0.25, 0.3) is 5.56 Å². The maximum absolute atomic E-state index is 11.8. The number of aryl methyl sites for hydroxylation is 1. The van der Waals surface area contributed by atoms with Crippen molar-refractivity contribution in [2.45, 2.75) is 26.0 Å². The molecule has 0 spiro atoms. The monoisotopic (exact) mass is 319 g/mol. The number of aliphatic hydroxyl groups excluding tert-OH is 1. The van der Waals surface area contributed by atoms with Crippen LogP contribution in [0.15, 0.2) is 15.5 Å². The summed E-state index contributed by atoms with van der Waals surface area (Å²) in [6.45, 7) is 3.23. The Bertz CT molecular complexity index is 436. The molecule has 1 aromatic rings. The van der Waals surface area contributed by atoms with Crippen LogP contribution in [0.5, 0.6) is 0 Å². The summed E-state index contributed by atoms with van der Waals surface area (Å²) in [6, 6.07) is 0. The highest BCUT2D eigenvalue weighted by molar-refractivity contribution is 9.10. The van der Waals surface area contributed by atoms with E-state index in [0.29, 0.717) is 36.3 Å². The lowest BCUT2D eigenvalue weighted by Gasteiger charge is -2.12. The van der Waals surface area contributed by atoms with Crippen molar-refractivity contribution < 1.29 is 9.84 Å². The van der Waals surface area contributed by atoms with Crippen LogP contribution in [-0.4, -0.2) is 41.3 Å². The Morgan fingerprint density at radius 1 is 1.67 bits per heavy atom. The fraction of sp³-hybridized carbons (Fsp3) is 0.636. The van der Waals surface area contributed by atoms with E-state index in [1.807, 2.05) is 6.92 Å². The first-order valence-corrected chi connectivity index (χ1v) is 6.56. The summed E-state index contributed by atoms with van der Waals surface area (Å²) in [5.74, 6) is 0. The van der Waals surface area contributed by atoms with E-state index in [-0.39, 0.29) is 5.56 Å². The number of methoxy groups -OCH3 is 1. The molecule has 18 heavy (non-hydrogen) atoms. The van der Waals surface area contributed by atoms with Crippen LogP contribution in [0.4, 0.5) is 5.69 Å². The molecule has 2 N–H and O–H groups in total. The molecule has 0 bridgehead atoms. The minimum Gasteiger partial charge on any atom is -0.391 e. The molecule has 0 fully saturated rings.